The Kier molecular flexibility index (Phi) is 59.8. The largest absolute Gasteiger partial charge is 0.462 e. The third-order valence-electron chi connectivity index (χ3n) is 13.4. The molecule has 0 unspecified atom stereocenters. The summed E-state index contributed by atoms with van der Waals surface area (Å²) in [5.41, 5.74) is 0. The Morgan fingerprint density at radius 2 is 0.653 bits per heavy atom. The highest BCUT2D eigenvalue weighted by Crippen LogP contribution is 2.16. The molecule has 0 bridgehead atoms. The molecule has 0 spiro atoms. The normalized spacial score (nSPS) is 12.8. The number of ether oxygens (including phenoxy) is 3. The number of hydrogen-bond acceptors (Lipinski definition) is 5. The van der Waals surface area contributed by atoms with E-state index in [0.717, 1.165) is 64.2 Å². The van der Waals surface area contributed by atoms with Crippen molar-refractivity contribution in [2.45, 2.75) is 309 Å². The first-order chi connectivity index (χ1) is 35.6. The van der Waals surface area contributed by atoms with Gasteiger partial charge in [0.1, 0.15) is 6.61 Å². The summed E-state index contributed by atoms with van der Waals surface area (Å²) in [5, 5.41) is 0. The van der Waals surface area contributed by atoms with Crippen molar-refractivity contribution < 1.29 is 23.8 Å². The van der Waals surface area contributed by atoms with Crippen molar-refractivity contribution in [2.24, 2.45) is 0 Å². The zero-order valence-electron chi connectivity index (χ0n) is 47.9. The molecule has 0 amide bonds. The number of esters is 2. The maximum atomic E-state index is 12.9. The van der Waals surface area contributed by atoms with Gasteiger partial charge < -0.3 is 14.2 Å². The molecule has 0 aromatic rings. The average Bonchev–Trinajstić information content (AvgIpc) is 3.38. The van der Waals surface area contributed by atoms with Crippen molar-refractivity contribution in [3.63, 3.8) is 0 Å². The molecular weight excluding hydrogens is 885 g/mol. The van der Waals surface area contributed by atoms with Gasteiger partial charge in [-0.1, -0.05) is 292 Å². The van der Waals surface area contributed by atoms with Crippen LogP contribution in [-0.4, -0.2) is 37.9 Å². The van der Waals surface area contributed by atoms with Crippen molar-refractivity contribution in [1.82, 2.24) is 0 Å². The van der Waals surface area contributed by atoms with Gasteiger partial charge in [0, 0.05) is 19.4 Å². The Morgan fingerprint density at radius 3 is 1.06 bits per heavy atom. The molecule has 0 rings (SSSR count). The molecular formula is C67H118O5. The molecule has 0 aromatic heterocycles. The molecule has 0 fully saturated rings. The van der Waals surface area contributed by atoms with Gasteiger partial charge in [0.2, 0.25) is 0 Å². The first-order valence-corrected chi connectivity index (χ1v) is 31.1. The van der Waals surface area contributed by atoms with Crippen molar-refractivity contribution in [2.75, 3.05) is 19.8 Å². The van der Waals surface area contributed by atoms with Crippen LogP contribution in [-0.2, 0) is 23.8 Å². The molecule has 1 atom stereocenters. The zero-order chi connectivity index (χ0) is 52.0. The second-order valence-corrected chi connectivity index (χ2v) is 20.6. The average molecular weight is 1000 g/mol. The lowest BCUT2D eigenvalue weighted by Crippen LogP contribution is -2.30. The van der Waals surface area contributed by atoms with Gasteiger partial charge in [0.25, 0.3) is 0 Å². The van der Waals surface area contributed by atoms with Gasteiger partial charge in [-0.05, 0) is 83.5 Å². The third kappa shape index (κ3) is 59.6. The minimum absolute atomic E-state index is 0.0453. The van der Waals surface area contributed by atoms with Crippen molar-refractivity contribution in [1.29, 1.82) is 0 Å². The second kappa shape index (κ2) is 62.4. The van der Waals surface area contributed by atoms with E-state index in [1.165, 1.54) is 199 Å². The summed E-state index contributed by atoms with van der Waals surface area (Å²) in [4.78, 5) is 25.6. The fourth-order valence-corrected chi connectivity index (χ4v) is 8.83. The van der Waals surface area contributed by atoms with E-state index in [2.05, 4.69) is 99.8 Å². The maximum Gasteiger partial charge on any atom is 0.306 e. The molecule has 0 N–H and O–H groups in total. The van der Waals surface area contributed by atoms with Crippen LogP contribution in [0.1, 0.15) is 303 Å². The zero-order valence-corrected chi connectivity index (χ0v) is 47.9. The van der Waals surface area contributed by atoms with Crippen LogP contribution in [0.15, 0.2) is 85.1 Å². The fraction of sp³-hybridized carbons (Fsp3) is 0.761. The standard InChI is InChI=1S/C67H118O5/c1-4-7-10-13-16-19-22-25-28-31-33-34-36-38-40-43-46-49-52-55-58-61-67(69)72-65(63-70-62-59-56-53-50-47-44-41-30-27-24-21-18-15-12-9-6-3)64-71-66(68)60-57-54-51-48-45-42-39-37-35-32-29-26-23-20-17-14-11-8-5-2/h8,11,17,20,25-26,28-29,35,37,42,45,51,54,65H,4-7,9-10,12-16,18-19,21-24,27,30-34,36,38-41,43-44,46-50,52-53,55-64H2,1-3H3/b11-8-,20-17-,28-25-,29-26-,37-35-,45-42-,54-51-/t65-/m1/s1. The Labute approximate surface area is 448 Å². The SMILES string of the molecule is CC/C=C\C/C=C\C/C=C\C/C=C\C/C=C\C/C=C\CCC(=O)OC[C@@H](COCCCCCCCCCCCCCCCCCC)OC(=O)CCCCCCCCCCCCC/C=C\CCCCCCCC. The molecule has 0 aliphatic rings. The molecule has 5 nitrogen and oxygen atoms in total. The molecule has 5 heteroatoms. The topological polar surface area (TPSA) is 61.8 Å². The van der Waals surface area contributed by atoms with Crippen LogP contribution in [0.25, 0.3) is 0 Å². The number of allylic oxidation sites excluding steroid dienone is 14. The molecule has 0 radical (unpaired) electrons. The van der Waals surface area contributed by atoms with Crippen LogP contribution in [0.5, 0.6) is 0 Å². The Hall–Kier alpha value is -2.92. The predicted octanol–water partition coefficient (Wildman–Crippen LogP) is 21.6. The van der Waals surface area contributed by atoms with Gasteiger partial charge in [0.05, 0.1) is 6.61 Å². The smallest absolute Gasteiger partial charge is 0.306 e. The summed E-state index contributed by atoms with van der Waals surface area (Å²) in [6.07, 6.45) is 83.4. The van der Waals surface area contributed by atoms with Crippen LogP contribution in [0.4, 0.5) is 0 Å². The maximum absolute atomic E-state index is 12.9. The number of carbonyl (C=O) groups excluding carboxylic acids is 2. The number of rotatable bonds is 57. The second-order valence-electron chi connectivity index (χ2n) is 20.6. The van der Waals surface area contributed by atoms with Crippen LogP contribution >= 0.6 is 0 Å². The Balaban J connectivity index is 4.35. The minimum atomic E-state index is -0.570. The summed E-state index contributed by atoms with van der Waals surface area (Å²) < 4.78 is 17.5. The van der Waals surface area contributed by atoms with E-state index in [-0.39, 0.29) is 25.2 Å². The lowest BCUT2D eigenvalue weighted by atomic mass is 10.0. The molecule has 0 aliphatic carbocycles. The summed E-state index contributed by atoms with van der Waals surface area (Å²) in [7, 11) is 0. The van der Waals surface area contributed by atoms with Crippen molar-refractivity contribution in [3.05, 3.63) is 85.1 Å². The quantitative estimate of drug-likeness (QED) is 0.0345. The first kappa shape index (κ1) is 69.1. The van der Waals surface area contributed by atoms with Crippen LogP contribution < -0.4 is 0 Å². The summed E-state index contributed by atoms with van der Waals surface area (Å²) in [6.45, 7) is 7.68. The summed E-state index contributed by atoms with van der Waals surface area (Å²) in [5.74, 6) is -0.483. The predicted molar refractivity (Wildman–Crippen MR) is 316 cm³/mol. The van der Waals surface area contributed by atoms with E-state index in [9.17, 15) is 9.59 Å². The molecule has 0 heterocycles. The highest BCUT2D eigenvalue weighted by molar-refractivity contribution is 5.70. The van der Waals surface area contributed by atoms with Crippen molar-refractivity contribution in [3.8, 4) is 0 Å². The molecule has 0 aliphatic heterocycles. The molecule has 72 heavy (non-hydrogen) atoms. The van der Waals surface area contributed by atoms with Gasteiger partial charge in [-0.25, -0.2) is 0 Å². The van der Waals surface area contributed by atoms with Gasteiger partial charge in [-0.2, -0.15) is 0 Å². The molecule has 0 saturated carbocycles. The van der Waals surface area contributed by atoms with Crippen LogP contribution in [0.2, 0.25) is 0 Å². The van der Waals surface area contributed by atoms with Crippen LogP contribution in [0.3, 0.4) is 0 Å². The molecule has 0 aromatic carbocycles. The Morgan fingerprint density at radius 1 is 0.319 bits per heavy atom. The van der Waals surface area contributed by atoms with E-state index < -0.39 is 6.10 Å². The highest BCUT2D eigenvalue weighted by atomic mass is 16.6. The van der Waals surface area contributed by atoms with E-state index in [0.29, 0.717) is 25.9 Å². The van der Waals surface area contributed by atoms with Crippen LogP contribution in [0, 0.1) is 0 Å². The Bertz CT molecular complexity index is 1320. The number of hydrogen-bond donors (Lipinski definition) is 0. The lowest BCUT2D eigenvalue weighted by molar-refractivity contribution is -0.162. The number of carbonyl (C=O) groups is 2. The van der Waals surface area contributed by atoms with E-state index in [1.54, 1.807) is 0 Å². The van der Waals surface area contributed by atoms with Crippen molar-refractivity contribution >= 4 is 11.9 Å². The minimum Gasteiger partial charge on any atom is -0.462 e. The summed E-state index contributed by atoms with van der Waals surface area (Å²) >= 11 is 0. The first-order valence-electron chi connectivity index (χ1n) is 31.1. The summed E-state index contributed by atoms with van der Waals surface area (Å²) in [6, 6.07) is 0. The van der Waals surface area contributed by atoms with Gasteiger partial charge in [0.15, 0.2) is 6.10 Å². The highest BCUT2D eigenvalue weighted by Gasteiger charge is 2.17. The van der Waals surface area contributed by atoms with E-state index >= 15 is 0 Å². The third-order valence-corrected chi connectivity index (χ3v) is 13.4. The fourth-order valence-electron chi connectivity index (χ4n) is 8.83. The van der Waals surface area contributed by atoms with Gasteiger partial charge in [-0.3, -0.25) is 9.59 Å². The molecule has 0 saturated heterocycles. The van der Waals surface area contributed by atoms with E-state index in [1.807, 2.05) is 6.08 Å². The van der Waals surface area contributed by atoms with E-state index in [4.69, 9.17) is 14.2 Å². The monoisotopic (exact) mass is 1000 g/mol. The lowest BCUT2D eigenvalue weighted by Gasteiger charge is -2.18. The van der Waals surface area contributed by atoms with Gasteiger partial charge >= 0.3 is 11.9 Å². The number of unbranched alkanes of at least 4 members (excludes halogenated alkanes) is 32. The molecule has 416 valence electrons. The van der Waals surface area contributed by atoms with Gasteiger partial charge in [-0.15, -0.1) is 0 Å².